The van der Waals surface area contributed by atoms with Gasteiger partial charge < -0.3 is 0 Å². The van der Waals surface area contributed by atoms with Gasteiger partial charge in [-0.25, -0.2) is 8.78 Å². The van der Waals surface area contributed by atoms with E-state index in [1.807, 2.05) is 0 Å². The Morgan fingerprint density at radius 2 is 1.92 bits per heavy atom. The van der Waals surface area contributed by atoms with Crippen LogP contribution in [-0.4, -0.2) is 8.42 Å². The second kappa shape index (κ2) is 3.36. The predicted octanol–water partition coefficient (Wildman–Crippen LogP) is 0.544. The van der Waals surface area contributed by atoms with Crippen LogP contribution in [0, 0.1) is 11.6 Å². The first-order chi connectivity index (χ1) is 5.97. The first-order valence-electron chi connectivity index (χ1n) is 3.06. The van der Waals surface area contributed by atoms with Crippen molar-refractivity contribution in [3.8, 4) is 0 Å². The number of hydrogen-bond acceptors (Lipinski definition) is 4. The molecular formula is C6H5F2NO3S. The lowest BCUT2D eigenvalue weighted by Crippen LogP contribution is -2.13. The fourth-order valence-electron chi connectivity index (χ4n) is 0.721. The Bertz CT molecular complexity index is 418. The van der Waals surface area contributed by atoms with Crippen molar-refractivity contribution in [3.63, 3.8) is 0 Å². The minimum absolute atomic E-state index is 0.484. The fourth-order valence-corrected chi connectivity index (χ4v) is 1.39. The van der Waals surface area contributed by atoms with Crippen molar-refractivity contribution >= 4 is 10.1 Å². The van der Waals surface area contributed by atoms with Gasteiger partial charge in [0.1, 0.15) is 16.5 Å². The number of hydrogen-bond donors (Lipinski definition) is 1. The second-order valence-electron chi connectivity index (χ2n) is 2.13. The Morgan fingerprint density at radius 1 is 1.31 bits per heavy atom. The molecule has 13 heavy (non-hydrogen) atoms. The molecular weight excluding hydrogens is 204 g/mol. The maximum atomic E-state index is 12.8. The molecule has 1 aromatic carbocycles. The smallest absolute Gasteiger partial charge is 0.207 e. The average Bonchev–Trinajstić information content (AvgIpc) is 2.09. The molecule has 0 spiro atoms. The molecule has 0 atom stereocenters. The third-order valence-corrected chi connectivity index (χ3v) is 2.39. The summed E-state index contributed by atoms with van der Waals surface area (Å²) >= 11 is 0. The molecule has 1 rings (SSSR count). The number of benzene rings is 1. The zero-order chi connectivity index (χ0) is 10.1. The van der Waals surface area contributed by atoms with Crippen molar-refractivity contribution in [1.82, 2.24) is 0 Å². The van der Waals surface area contributed by atoms with Crippen LogP contribution in [-0.2, 0) is 14.4 Å². The van der Waals surface area contributed by atoms with Crippen LogP contribution in [0.25, 0.3) is 0 Å². The fraction of sp³-hybridized carbons (Fsp3) is 0. The molecule has 0 unspecified atom stereocenters. The van der Waals surface area contributed by atoms with Crippen molar-refractivity contribution in [2.24, 2.45) is 5.90 Å². The molecule has 0 aromatic heterocycles. The van der Waals surface area contributed by atoms with E-state index in [1.165, 1.54) is 0 Å². The van der Waals surface area contributed by atoms with Crippen molar-refractivity contribution in [2.75, 3.05) is 0 Å². The molecule has 1 aromatic rings. The minimum Gasteiger partial charge on any atom is -0.207 e. The van der Waals surface area contributed by atoms with E-state index in [2.05, 4.69) is 10.2 Å². The van der Waals surface area contributed by atoms with E-state index >= 15 is 0 Å². The molecule has 2 N–H and O–H groups in total. The van der Waals surface area contributed by atoms with Crippen molar-refractivity contribution in [1.29, 1.82) is 0 Å². The summed E-state index contributed by atoms with van der Waals surface area (Å²) in [6.07, 6.45) is 0. The maximum absolute atomic E-state index is 12.8. The van der Waals surface area contributed by atoms with Crippen molar-refractivity contribution in [2.45, 2.75) is 4.90 Å². The Balaban J connectivity index is 3.38. The van der Waals surface area contributed by atoms with Crippen LogP contribution in [0.1, 0.15) is 0 Å². The molecule has 0 aliphatic carbocycles. The maximum Gasteiger partial charge on any atom is 0.315 e. The lowest BCUT2D eigenvalue weighted by Gasteiger charge is -2.01. The van der Waals surface area contributed by atoms with Gasteiger partial charge in [0.05, 0.1) is 0 Å². The molecule has 0 aliphatic heterocycles. The van der Waals surface area contributed by atoms with Gasteiger partial charge in [0.15, 0.2) is 0 Å². The monoisotopic (exact) mass is 209 g/mol. The Hall–Kier alpha value is -1.05. The van der Waals surface area contributed by atoms with Gasteiger partial charge in [-0.1, -0.05) is 0 Å². The first kappa shape index (κ1) is 10.0. The normalized spacial score (nSPS) is 11.6. The van der Waals surface area contributed by atoms with E-state index in [0.717, 1.165) is 6.07 Å². The molecule has 72 valence electrons. The topological polar surface area (TPSA) is 69.4 Å². The third kappa shape index (κ3) is 2.00. The molecule has 0 saturated carbocycles. The highest BCUT2D eigenvalue weighted by Crippen LogP contribution is 2.16. The average molecular weight is 209 g/mol. The van der Waals surface area contributed by atoms with Crippen LogP contribution >= 0.6 is 0 Å². The van der Waals surface area contributed by atoms with Crippen molar-refractivity contribution < 1.29 is 21.5 Å². The molecule has 0 heterocycles. The standard InChI is InChI=1S/C6H5F2NO3S/c7-4-1-2-5(8)6(3-4)13(10,11)12-9/h1-3H,9H2. The highest BCUT2D eigenvalue weighted by molar-refractivity contribution is 7.86. The molecule has 0 fully saturated rings. The van der Waals surface area contributed by atoms with Crippen LogP contribution in [0.2, 0.25) is 0 Å². The zero-order valence-electron chi connectivity index (χ0n) is 6.20. The van der Waals surface area contributed by atoms with Gasteiger partial charge in [-0.3, -0.25) is 0 Å². The van der Waals surface area contributed by atoms with Crippen molar-refractivity contribution in [3.05, 3.63) is 29.8 Å². The van der Waals surface area contributed by atoms with Gasteiger partial charge in [0, 0.05) is 0 Å². The summed E-state index contributed by atoms with van der Waals surface area (Å²) in [5, 5.41) is 0. The van der Waals surface area contributed by atoms with E-state index < -0.39 is 26.6 Å². The molecule has 0 aliphatic rings. The van der Waals surface area contributed by atoms with Crippen LogP contribution < -0.4 is 5.90 Å². The van der Waals surface area contributed by atoms with Crippen LogP contribution in [0.4, 0.5) is 8.78 Å². The van der Waals surface area contributed by atoms with E-state index in [-0.39, 0.29) is 0 Å². The Kier molecular flexibility index (Phi) is 2.60. The summed E-state index contributed by atoms with van der Waals surface area (Å²) < 4.78 is 50.4. The summed E-state index contributed by atoms with van der Waals surface area (Å²) in [4.78, 5) is -0.921. The third-order valence-electron chi connectivity index (χ3n) is 1.29. The van der Waals surface area contributed by atoms with Crippen LogP contribution in [0.5, 0.6) is 0 Å². The van der Waals surface area contributed by atoms with Crippen LogP contribution in [0.15, 0.2) is 23.1 Å². The lowest BCUT2D eigenvalue weighted by atomic mass is 10.3. The highest BCUT2D eigenvalue weighted by atomic mass is 32.2. The second-order valence-corrected chi connectivity index (χ2v) is 3.67. The quantitative estimate of drug-likeness (QED) is 0.722. The predicted molar refractivity (Wildman–Crippen MR) is 38.8 cm³/mol. The lowest BCUT2D eigenvalue weighted by molar-refractivity contribution is 0.330. The van der Waals surface area contributed by atoms with E-state index in [1.54, 1.807) is 0 Å². The van der Waals surface area contributed by atoms with E-state index in [0.29, 0.717) is 12.1 Å². The van der Waals surface area contributed by atoms with Gasteiger partial charge in [-0.2, -0.15) is 18.6 Å². The SMILES string of the molecule is NOS(=O)(=O)c1cc(F)ccc1F. The molecule has 0 bridgehead atoms. The Labute approximate surface area is 73.0 Å². The summed E-state index contributed by atoms with van der Waals surface area (Å²) in [6.45, 7) is 0. The minimum atomic E-state index is -4.39. The van der Waals surface area contributed by atoms with E-state index in [4.69, 9.17) is 0 Å². The van der Waals surface area contributed by atoms with Gasteiger partial charge in [0.25, 0.3) is 0 Å². The molecule has 4 nitrogen and oxygen atoms in total. The van der Waals surface area contributed by atoms with Gasteiger partial charge >= 0.3 is 10.1 Å². The highest BCUT2D eigenvalue weighted by Gasteiger charge is 2.19. The van der Waals surface area contributed by atoms with Gasteiger partial charge in [0.2, 0.25) is 0 Å². The molecule has 0 radical (unpaired) electrons. The summed E-state index contributed by atoms with van der Waals surface area (Å²) in [5.74, 6) is 2.37. The Morgan fingerprint density at radius 3 is 2.46 bits per heavy atom. The zero-order valence-corrected chi connectivity index (χ0v) is 7.01. The molecule has 0 amide bonds. The number of rotatable bonds is 2. The number of halogens is 2. The van der Waals surface area contributed by atoms with Crippen LogP contribution in [0.3, 0.4) is 0 Å². The first-order valence-corrected chi connectivity index (χ1v) is 4.46. The van der Waals surface area contributed by atoms with Gasteiger partial charge in [-0.05, 0) is 18.2 Å². The van der Waals surface area contributed by atoms with E-state index in [9.17, 15) is 17.2 Å². The largest absolute Gasteiger partial charge is 0.315 e. The summed E-state index contributed by atoms with van der Waals surface area (Å²) in [6, 6.07) is 1.93. The number of nitrogens with two attached hydrogens (primary N) is 1. The summed E-state index contributed by atoms with van der Waals surface area (Å²) in [7, 11) is -4.39. The molecule has 7 heteroatoms. The molecule has 0 saturated heterocycles. The van der Waals surface area contributed by atoms with Gasteiger partial charge in [-0.15, -0.1) is 0 Å². The summed E-state index contributed by atoms with van der Waals surface area (Å²) in [5.41, 5.74) is 0.